The summed E-state index contributed by atoms with van der Waals surface area (Å²) >= 11 is 0. The molecule has 3 aromatic carbocycles. The van der Waals surface area contributed by atoms with Gasteiger partial charge in [0, 0.05) is 6.54 Å². The molecule has 0 fully saturated rings. The van der Waals surface area contributed by atoms with Gasteiger partial charge in [-0.25, -0.2) is 9.37 Å². The summed E-state index contributed by atoms with van der Waals surface area (Å²) in [6.07, 6.45) is 0.408. The van der Waals surface area contributed by atoms with Gasteiger partial charge in [-0.3, -0.25) is 4.57 Å². The van der Waals surface area contributed by atoms with E-state index < -0.39 is 7.60 Å². The lowest BCUT2D eigenvalue weighted by Crippen LogP contribution is -2.16. The molecule has 0 saturated heterocycles. The number of nitrogens with one attached hydrogen (secondary N) is 1. The van der Waals surface area contributed by atoms with E-state index in [0.717, 1.165) is 21.9 Å². The minimum absolute atomic E-state index is 0.114. The van der Waals surface area contributed by atoms with E-state index in [4.69, 9.17) is 13.5 Å². The summed E-state index contributed by atoms with van der Waals surface area (Å²) in [5.41, 5.74) is 1.98. The molecule has 0 unspecified atom stereocenters. The molecule has 0 amide bonds. The maximum atomic E-state index is 13.5. The summed E-state index contributed by atoms with van der Waals surface area (Å²) in [5.74, 6) is 0.302. The molecule has 33 heavy (non-hydrogen) atoms. The van der Waals surface area contributed by atoms with E-state index in [1.54, 1.807) is 26.0 Å². The van der Waals surface area contributed by atoms with Crippen LogP contribution in [-0.2, 0) is 26.6 Å². The van der Waals surface area contributed by atoms with Crippen molar-refractivity contribution in [3.8, 4) is 0 Å². The molecule has 0 aliphatic carbocycles. The van der Waals surface area contributed by atoms with E-state index in [1.807, 2.05) is 42.5 Å². The Labute approximate surface area is 192 Å². The molecule has 0 aliphatic rings. The van der Waals surface area contributed by atoms with E-state index in [0.29, 0.717) is 18.9 Å². The quantitative estimate of drug-likeness (QED) is 0.285. The van der Waals surface area contributed by atoms with Crippen LogP contribution in [0.1, 0.15) is 30.9 Å². The largest absolute Gasteiger partial charge is 0.424 e. The van der Waals surface area contributed by atoms with Crippen molar-refractivity contribution < 1.29 is 22.4 Å². The standard InChI is InChI=1S/C25H26FN2O4P/c1-3-30-33(29,31-4-2)25-24(27-17-18-12-14-21(26)15-13-18)32-23(28-25)16-20-10-7-9-19-8-5-6-11-22(19)20/h5-15,27H,3-4,16-17H2,1-2H3. The first kappa shape index (κ1) is 23.2. The molecule has 0 bridgehead atoms. The van der Waals surface area contributed by atoms with Gasteiger partial charge in [0.2, 0.25) is 17.2 Å². The fourth-order valence-electron chi connectivity index (χ4n) is 3.63. The van der Waals surface area contributed by atoms with Crippen LogP contribution in [0.25, 0.3) is 10.8 Å². The van der Waals surface area contributed by atoms with Crippen LogP contribution in [0.5, 0.6) is 0 Å². The molecule has 0 spiro atoms. The Morgan fingerprint density at radius 3 is 2.39 bits per heavy atom. The summed E-state index contributed by atoms with van der Waals surface area (Å²) in [6, 6.07) is 20.2. The van der Waals surface area contributed by atoms with Crippen molar-refractivity contribution in [2.75, 3.05) is 18.5 Å². The molecule has 4 rings (SSSR count). The van der Waals surface area contributed by atoms with Crippen LogP contribution >= 0.6 is 7.60 Å². The highest BCUT2D eigenvalue weighted by atomic mass is 31.2. The van der Waals surface area contributed by atoms with Crippen LogP contribution in [0.15, 0.2) is 71.1 Å². The Kier molecular flexibility index (Phi) is 7.23. The number of hydrogen-bond acceptors (Lipinski definition) is 6. The summed E-state index contributed by atoms with van der Waals surface area (Å²) in [6.45, 7) is 4.21. The van der Waals surface area contributed by atoms with Gasteiger partial charge in [0.1, 0.15) is 5.82 Å². The number of hydrogen-bond donors (Lipinski definition) is 1. The smallest absolute Gasteiger partial charge is 0.385 e. The third-order valence-corrected chi connectivity index (χ3v) is 7.12. The molecule has 6 nitrogen and oxygen atoms in total. The van der Waals surface area contributed by atoms with Crippen molar-refractivity contribution in [3.63, 3.8) is 0 Å². The normalized spacial score (nSPS) is 11.7. The fourth-order valence-corrected chi connectivity index (χ4v) is 5.23. The molecule has 172 valence electrons. The Morgan fingerprint density at radius 2 is 1.67 bits per heavy atom. The second-order valence-electron chi connectivity index (χ2n) is 7.39. The highest BCUT2D eigenvalue weighted by Crippen LogP contribution is 2.48. The number of benzene rings is 3. The van der Waals surface area contributed by atoms with Gasteiger partial charge in [0.05, 0.1) is 19.6 Å². The van der Waals surface area contributed by atoms with E-state index in [9.17, 15) is 8.96 Å². The van der Waals surface area contributed by atoms with Crippen molar-refractivity contribution in [1.82, 2.24) is 4.98 Å². The molecule has 8 heteroatoms. The number of fused-ring (bicyclic) bond motifs is 1. The van der Waals surface area contributed by atoms with Gasteiger partial charge in [0.25, 0.3) is 0 Å². The average Bonchev–Trinajstić information content (AvgIpc) is 3.23. The van der Waals surface area contributed by atoms with Crippen molar-refractivity contribution in [1.29, 1.82) is 0 Å². The number of halogens is 1. The Morgan fingerprint density at radius 1 is 0.970 bits per heavy atom. The van der Waals surface area contributed by atoms with Gasteiger partial charge < -0.3 is 18.8 Å². The highest BCUT2D eigenvalue weighted by Gasteiger charge is 2.35. The summed E-state index contributed by atoms with van der Waals surface area (Å²) in [4.78, 5) is 4.55. The summed E-state index contributed by atoms with van der Waals surface area (Å²) < 4.78 is 43.8. The molecule has 1 N–H and O–H groups in total. The molecule has 0 aliphatic heterocycles. The molecule has 1 aromatic heterocycles. The van der Waals surface area contributed by atoms with E-state index in [2.05, 4.69) is 10.3 Å². The average molecular weight is 468 g/mol. The lowest BCUT2D eigenvalue weighted by Gasteiger charge is -2.15. The number of aromatic nitrogens is 1. The zero-order valence-electron chi connectivity index (χ0n) is 18.6. The topological polar surface area (TPSA) is 73.6 Å². The van der Waals surface area contributed by atoms with Crippen LogP contribution in [0.3, 0.4) is 0 Å². The van der Waals surface area contributed by atoms with Crippen LogP contribution in [0, 0.1) is 5.82 Å². The Bertz CT molecular complexity index is 1260. The lowest BCUT2D eigenvalue weighted by atomic mass is 10.0. The van der Waals surface area contributed by atoms with Gasteiger partial charge in [-0.2, -0.15) is 0 Å². The SMILES string of the molecule is CCOP(=O)(OCC)c1nc(Cc2cccc3ccccc23)oc1NCc1ccc(F)cc1. The van der Waals surface area contributed by atoms with Gasteiger partial charge >= 0.3 is 7.60 Å². The van der Waals surface area contributed by atoms with Crippen molar-refractivity contribution in [2.45, 2.75) is 26.8 Å². The Balaban J connectivity index is 1.69. The number of nitrogens with zero attached hydrogens (tertiary/aromatic N) is 1. The van der Waals surface area contributed by atoms with Crippen molar-refractivity contribution >= 4 is 29.7 Å². The van der Waals surface area contributed by atoms with Gasteiger partial charge in [-0.05, 0) is 47.9 Å². The third-order valence-electron chi connectivity index (χ3n) is 5.10. The molecule has 0 atom stereocenters. The fraction of sp³-hybridized carbons (Fsp3) is 0.240. The predicted molar refractivity (Wildman–Crippen MR) is 127 cm³/mol. The molecule has 0 saturated carbocycles. The van der Waals surface area contributed by atoms with E-state index in [1.165, 1.54) is 12.1 Å². The van der Waals surface area contributed by atoms with E-state index >= 15 is 0 Å². The summed E-state index contributed by atoms with van der Waals surface area (Å²) in [5, 5.41) is 5.34. The molecular formula is C25H26FN2O4P. The van der Waals surface area contributed by atoms with Crippen LogP contribution < -0.4 is 10.8 Å². The van der Waals surface area contributed by atoms with E-state index in [-0.39, 0.29) is 30.4 Å². The molecule has 1 heterocycles. The number of rotatable bonds is 10. The van der Waals surface area contributed by atoms with Gasteiger partial charge in [0.15, 0.2) is 0 Å². The minimum atomic E-state index is -3.70. The van der Waals surface area contributed by atoms with Crippen LogP contribution in [0.4, 0.5) is 10.3 Å². The number of anilines is 1. The number of oxazole rings is 1. The second kappa shape index (κ2) is 10.3. The predicted octanol–water partition coefficient (Wildman–Crippen LogP) is 6.06. The molecular weight excluding hydrogens is 442 g/mol. The lowest BCUT2D eigenvalue weighted by molar-refractivity contribution is 0.229. The third kappa shape index (κ3) is 5.33. The van der Waals surface area contributed by atoms with Crippen LogP contribution in [0.2, 0.25) is 0 Å². The maximum absolute atomic E-state index is 13.5. The summed E-state index contributed by atoms with van der Waals surface area (Å²) in [7, 11) is -3.70. The van der Waals surface area contributed by atoms with Gasteiger partial charge in [-0.15, -0.1) is 0 Å². The second-order valence-corrected chi connectivity index (χ2v) is 9.32. The molecule has 0 radical (unpaired) electrons. The first-order valence-corrected chi connectivity index (χ1v) is 12.4. The molecule has 4 aromatic rings. The zero-order valence-corrected chi connectivity index (χ0v) is 19.5. The van der Waals surface area contributed by atoms with Crippen LogP contribution in [-0.4, -0.2) is 18.2 Å². The van der Waals surface area contributed by atoms with Gasteiger partial charge in [-0.1, -0.05) is 54.6 Å². The minimum Gasteiger partial charge on any atom is -0.424 e. The first-order chi connectivity index (χ1) is 16.0. The highest BCUT2D eigenvalue weighted by molar-refractivity contribution is 7.62. The maximum Gasteiger partial charge on any atom is 0.385 e. The Hall–Kier alpha value is -2.99. The monoisotopic (exact) mass is 468 g/mol. The zero-order chi connectivity index (χ0) is 23.3. The first-order valence-electron chi connectivity index (χ1n) is 10.9. The van der Waals surface area contributed by atoms with Crippen molar-refractivity contribution in [3.05, 3.63) is 89.6 Å². The van der Waals surface area contributed by atoms with Crippen molar-refractivity contribution in [2.24, 2.45) is 0 Å².